The molecule has 3 rings (SSSR count). The zero-order chi connectivity index (χ0) is 19.9. The van der Waals surface area contributed by atoms with Crippen LogP contribution in [0.4, 0.5) is 4.79 Å². The first kappa shape index (κ1) is 19.4. The largest absolute Gasteiger partial charge is 0.352 e. The number of hydrogen-bond donors (Lipinski definition) is 3. The molecular formula is C22H24N4O2. The summed E-state index contributed by atoms with van der Waals surface area (Å²) in [6.07, 6.45) is 3.57. The van der Waals surface area contributed by atoms with E-state index in [4.69, 9.17) is 0 Å². The normalized spacial score (nSPS) is 11.6. The van der Waals surface area contributed by atoms with Gasteiger partial charge in [0.15, 0.2) is 0 Å². The maximum absolute atomic E-state index is 12.3. The van der Waals surface area contributed by atoms with E-state index < -0.39 is 0 Å². The lowest BCUT2D eigenvalue weighted by molar-refractivity contribution is -0.119. The molecule has 1 aromatic heterocycles. The highest BCUT2D eigenvalue weighted by Crippen LogP contribution is 2.29. The van der Waals surface area contributed by atoms with Crippen molar-refractivity contribution < 1.29 is 9.59 Å². The SMILES string of the molecule is CCNC(=O)NC(c1cccc(CNC(C)=O)c1)c1cccc2ccncc12. The Hall–Kier alpha value is -3.41. The number of benzene rings is 2. The number of amides is 3. The van der Waals surface area contributed by atoms with Crippen molar-refractivity contribution >= 4 is 22.7 Å². The van der Waals surface area contributed by atoms with E-state index in [2.05, 4.69) is 20.9 Å². The van der Waals surface area contributed by atoms with Crippen LogP contribution in [0.2, 0.25) is 0 Å². The van der Waals surface area contributed by atoms with E-state index in [1.54, 1.807) is 6.20 Å². The van der Waals surface area contributed by atoms with Crippen molar-refractivity contribution in [3.05, 3.63) is 77.6 Å². The van der Waals surface area contributed by atoms with Crippen LogP contribution in [-0.4, -0.2) is 23.5 Å². The van der Waals surface area contributed by atoms with Gasteiger partial charge in [-0.1, -0.05) is 42.5 Å². The summed E-state index contributed by atoms with van der Waals surface area (Å²) in [5, 5.41) is 10.7. The fourth-order valence-electron chi connectivity index (χ4n) is 3.18. The number of nitrogens with one attached hydrogen (secondary N) is 3. The molecule has 6 heteroatoms. The summed E-state index contributed by atoms with van der Waals surface area (Å²) in [6.45, 7) is 4.35. The number of carbonyl (C=O) groups is 2. The molecule has 144 valence electrons. The van der Waals surface area contributed by atoms with Gasteiger partial charge in [0.25, 0.3) is 0 Å². The number of rotatable bonds is 6. The van der Waals surface area contributed by atoms with Gasteiger partial charge < -0.3 is 16.0 Å². The fourth-order valence-corrected chi connectivity index (χ4v) is 3.18. The first-order chi connectivity index (χ1) is 13.6. The molecule has 1 unspecified atom stereocenters. The molecule has 0 spiro atoms. The molecule has 6 nitrogen and oxygen atoms in total. The first-order valence-corrected chi connectivity index (χ1v) is 9.28. The summed E-state index contributed by atoms with van der Waals surface area (Å²) < 4.78 is 0. The quantitative estimate of drug-likeness (QED) is 0.617. The van der Waals surface area contributed by atoms with Gasteiger partial charge in [0.05, 0.1) is 6.04 Å². The van der Waals surface area contributed by atoms with Crippen LogP contribution in [-0.2, 0) is 11.3 Å². The third-order valence-corrected chi connectivity index (χ3v) is 4.47. The minimum atomic E-state index is -0.350. The molecule has 0 fully saturated rings. The maximum atomic E-state index is 12.3. The molecule has 1 heterocycles. The van der Waals surface area contributed by atoms with Crippen molar-refractivity contribution in [1.29, 1.82) is 0 Å². The lowest BCUT2D eigenvalue weighted by Crippen LogP contribution is -2.38. The molecule has 0 aliphatic carbocycles. The van der Waals surface area contributed by atoms with E-state index in [0.29, 0.717) is 13.1 Å². The van der Waals surface area contributed by atoms with E-state index in [0.717, 1.165) is 27.5 Å². The lowest BCUT2D eigenvalue weighted by Gasteiger charge is -2.22. The second-order valence-electron chi connectivity index (χ2n) is 6.54. The Kier molecular flexibility index (Phi) is 6.22. The van der Waals surface area contributed by atoms with Crippen molar-refractivity contribution in [2.45, 2.75) is 26.4 Å². The minimum Gasteiger partial charge on any atom is -0.352 e. The average Bonchev–Trinajstić information content (AvgIpc) is 2.70. The van der Waals surface area contributed by atoms with Crippen LogP contribution in [0.15, 0.2) is 60.9 Å². The highest BCUT2D eigenvalue weighted by atomic mass is 16.2. The fraction of sp³-hybridized carbons (Fsp3) is 0.227. The van der Waals surface area contributed by atoms with Gasteiger partial charge in [0, 0.05) is 37.8 Å². The van der Waals surface area contributed by atoms with Gasteiger partial charge in [0.2, 0.25) is 5.91 Å². The van der Waals surface area contributed by atoms with Crippen LogP contribution in [0.3, 0.4) is 0 Å². The van der Waals surface area contributed by atoms with E-state index in [1.165, 1.54) is 6.92 Å². The van der Waals surface area contributed by atoms with E-state index in [9.17, 15) is 9.59 Å². The summed E-state index contributed by atoms with van der Waals surface area (Å²) in [6, 6.07) is 15.2. The smallest absolute Gasteiger partial charge is 0.315 e. The van der Waals surface area contributed by atoms with Crippen molar-refractivity contribution in [3.8, 4) is 0 Å². The summed E-state index contributed by atoms with van der Waals surface area (Å²) in [5.41, 5.74) is 2.87. The molecule has 0 saturated heterocycles. The van der Waals surface area contributed by atoms with Gasteiger partial charge in [-0.2, -0.15) is 0 Å². The summed E-state index contributed by atoms with van der Waals surface area (Å²) in [7, 11) is 0. The van der Waals surface area contributed by atoms with Crippen molar-refractivity contribution in [3.63, 3.8) is 0 Å². The predicted octanol–water partition coefficient (Wildman–Crippen LogP) is 3.28. The molecule has 28 heavy (non-hydrogen) atoms. The average molecular weight is 376 g/mol. The number of aromatic nitrogens is 1. The molecule has 3 aromatic rings. The monoisotopic (exact) mass is 376 g/mol. The summed E-state index contributed by atoms with van der Waals surface area (Å²) in [4.78, 5) is 27.8. The Bertz CT molecular complexity index is 982. The third kappa shape index (κ3) is 4.65. The Labute approximate surface area is 164 Å². The second kappa shape index (κ2) is 8.99. The number of fused-ring (bicyclic) bond motifs is 1. The van der Waals surface area contributed by atoms with Crippen LogP contribution in [0, 0.1) is 0 Å². The van der Waals surface area contributed by atoms with E-state index in [1.807, 2.05) is 61.7 Å². The number of carbonyl (C=O) groups excluding carboxylic acids is 2. The molecule has 2 aromatic carbocycles. The van der Waals surface area contributed by atoms with Gasteiger partial charge in [-0.15, -0.1) is 0 Å². The molecule has 0 bridgehead atoms. The number of nitrogens with zero attached hydrogens (tertiary/aromatic N) is 1. The lowest BCUT2D eigenvalue weighted by atomic mass is 9.93. The van der Waals surface area contributed by atoms with Gasteiger partial charge in [-0.3, -0.25) is 9.78 Å². The zero-order valence-electron chi connectivity index (χ0n) is 16.0. The number of urea groups is 1. The van der Waals surface area contributed by atoms with Crippen LogP contribution < -0.4 is 16.0 Å². The van der Waals surface area contributed by atoms with Gasteiger partial charge in [-0.05, 0) is 35.1 Å². The van der Waals surface area contributed by atoms with Gasteiger partial charge >= 0.3 is 6.03 Å². The summed E-state index contributed by atoms with van der Waals surface area (Å²) in [5.74, 6) is -0.0810. The van der Waals surface area contributed by atoms with E-state index >= 15 is 0 Å². The third-order valence-electron chi connectivity index (χ3n) is 4.47. The van der Waals surface area contributed by atoms with Crippen LogP contribution >= 0.6 is 0 Å². The molecule has 3 amide bonds. The van der Waals surface area contributed by atoms with Crippen molar-refractivity contribution in [2.75, 3.05) is 6.54 Å². The molecule has 3 N–H and O–H groups in total. The number of hydrogen-bond acceptors (Lipinski definition) is 3. The summed E-state index contributed by atoms with van der Waals surface area (Å²) >= 11 is 0. The molecule has 0 saturated carbocycles. The Morgan fingerprint density at radius 2 is 1.89 bits per heavy atom. The molecule has 0 aliphatic heterocycles. The Morgan fingerprint density at radius 1 is 1.07 bits per heavy atom. The van der Waals surface area contributed by atoms with Crippen LogP contribution in [0.1, 0.15) is 36.6 Å². The molecular weight excluding hydrogens is 352 g/mol. The number of pyridine rings is 1. The molecule has 0 aliphatic rings. The van der Waals surface area contributed by atoms with Crippen LogP contribution in [0.5, 0.6) is 0 Å². The second-order valence-corrected chi connectivity index (χ2v) is 6.54. The highest BCUT2D eigenvalue weighted by Gasteiger charge is 2.19. The minimum absolute atomic E-state index is 0.0810. The zero-order valence-corrected chi connectivity index (χ0v) is 16.0. The Balaban J connectivity index is 2.03. The van der Waals surface area contributed by atoms with Crippen molar-refractivity contribution in [1.82, 2.24) is 20.9 Å². The predicted molar refractivity (Wildman–Crippen MR) is 110 cm³/mol. The van der Waals surface area contributed by atoms with Crippen molar-refractivity contribution in [2.24, 2.45) is 0 Å². The van der Waals surface area contributed by atoms with Gasteiger partial charge in [0.1, 0.15) is 0 Å². The first-order valence-electron chi connectivity index (χ1n) is 9.28. The Morgan fingerprint density at radius 3 is 2.68 bits per heavy atom. The van der Waals surface area contributed by atoms with Crippen LogP contribution in [0.25, 0.3) is 10.8 Å². The molecule has 0 radical (unpaired) electrons. The highest BCUT2D eigenvalue weighted by molar-refractivity contribution is 5.86. The maximum Gasteiger partial charge on any atom is 0.315 e. The standard InChI is InChI=1S/C22H24N4O2/c1-3-24-22(28)26-21(18-8-4-6-16(12-18)13-25-15(2)27)19-9-5-7-17-10-11-23-14-20(17)19/h4-12,14,21H,3,13H2,1-2H3,(H,25,27)(H2,24,26,28). The van der Waals surface area contributed by atoms with Gasteiger partial charge in [-0.25, -0.2) is 4.79 Å². The molecule has 1 atom stereocenters. The van der Waals surface area contributed by atoms with E-state index in [-0.39, 0.29) is 18.0 Å². The topological polar surface area (TPSA) is 83.1 Å².